The van der Waals surface area contributed by atoms with Crippen LogP contribution in [-0.4, -0.2) is 41.3 Å². The lowest BCUT2D eigenvalue weighted by atomic mass is 10.1. The maximum atomic E-state index is 11.7. The topological polar surface area (TPSA) is 95.9 Å². The molecule has 0 saturated carbocycles. The van der Waals surface area contributed by atoms with E-state index in [1.807, 2.05) is 18.2 Å². The summed E-state index contributed by atoms with van der Waals surface area (Å²) in [5.41, 5.74) is 2.57. The van der Waals surface area contributed by atoms with Crippen molar-refractivity contribution in [3.8, 4) is 5.75 Å². The van der Waals surface area contributed by atoms with Crippen LogP contribution >= 0.6 is 0 Å². The molecule has 3 N–H and O–H groups in total. The lowest BCUT2D eigenvalue weighted by molar-refractivity contribution is -0.142. The van der Waals surface area contributed by atoms with Crippen LogP contribution in [0.2, 0.25) is 0 Å². The Hall–Kier alpha value is -2.08. The molecule has 2 rings (SSSR count). The largest absolute Gasteiger partial charge is 0.484 e. The first-order valence-electron chi connectivity index (χ1n) is 6.98. The highest BCUT2D eigenvalue weighted by Crippen LogP contribution is 2.25. The van der Waals surface area contributed by atoms with Gasteiger partial charge < -0.3 is 20.3 Å². The molecular formula is C15H19NO5. The van der Waals surface area contributed by atoms with Gasteiger partial charge in [0.15, 0.2) is 6.61 Å². The molecule has 21 heavy (non-hydrogen) atoms. The normalized spacial score (nSPS) is 14.3. The van der Waals surface area contributed by atoms with E-state index in [0.717, 1.165) is 19.3 Å². The molecule has 1 atom stereocenters. The van der Waals surface area contributed by atoms with Crippen LogP contribution in [0.15, 0.2) is 18.2 Å². The summed E-state index contributed by atoms with van der Waals surface area (Å²) in [6.07, 6.45) is 3.22. The van der Waals surface area contributed by atoms with Gasteiger partial charge in [-0.25, -0.2) is 4.79 Å². The third-order valence-corrected chi connectivity index (χ3v) is 3.49. The van der Waals surface area contributed by atoms with E-state index in [2.05, 4.69) is 5.32 Å². The van der Waals surface area contributed by atoms with E-state index in [0.29, 0.717) is 5.75 Å². The summed E-state index contributed by atoms with van der Waals surface area (Å²) in [4.78, 5) is 22.5. The molecule has 0 radical (unpaired) electrons. The molecule has 6 nitrogen and oxygen atoms in total. The van der Waals surface area contributed by atoms with E-state index in [1.54, 1.807) is 0 Å². The average Bonchev–Trinajstić information content (AvgIpc) is 2.92. The highest BCUT2D eigenvalue weighted by molar-refractivity contribution is 5.84. The van der Waals surface area contributed by atoms with Crippen LogP contribution in [0.3, 0.4) is 0 Å². The number of rotatable bonds is 7. The first-order valence-corrected chi connectivity index (χ1v) is 6.98. The number of carbonyl (C=O) groups excluding carboxylic acids is 1. The van der Waals surface area contributed by atoms with Crippen molar-refractivity contribution < 1.29 is 24.5 Å². The summed E-state index contributed by atoms with van der Waals surface area (Å²) < 4.78 is 5.38. The Bertz CT molecular complexity index is 529. The number of benzene rings is 1. The molecule has 0 fully saturated rings. The maximum absolute atomic E-state index is 11.7. The van der Waals surface area contributed by atoms with Crippen molar-refractivity contribution in [3.05, 3.63) is 29.3 Å². The number of amides is 1. The van der Waals surface area contributed by atoms with Gasteiger partial charge in [-0.05, 0) is 42.5 Å². The summed E-state index contributed by atoms with van der Waals surface area (Å²) in [5.74, 6) is -1.08. The number of ether oxygens (including phenoxy) is 1. The van der Waals surface area contributed by atoms with Crippen LogP contribution in [0, 0.1) is 0 Å². The van der Waals surface area contributed by atoms with Gasteiger partial charge in [-0.15, -0.1) is 0 Å². The first-order chi connectivity index (χ1) is 10.1. The van der Waals surface area contributed by atoms with Crippen molar-refractivity contribution >= 4 is 11.9 Å². The van der Waals surface area contributed by atoms with Crippen LogP contribution < -0.4 is 10.1 Å². The molecule has 6 heteroatoms. The van der Waals surface area contributed by atoms with Gasteiger partial charge in [0.1, 0.15) is 11.8 Å². The molecule has 1 aliphatic carbocycles. The fraction of sp³-hybridized carbons (Fsp3) is 0.467. The van der Waals surface area contributed by atoms with E-state index in [-0.39, 0.29) is 19.6 Å². The minimum absolute atomic E-state index is 0.0279. The summed E-state index contributed by atoms with van der Waals surface area (Å²) in [7, 11) is 0. The molecule has 0 aromatic heterocycles. The predicted molar refractivity (Wildman–Crippen MR) is 75.2 cm³/mol. The molecule has 0 bridgehead atoms. The highest BCUT2D eigenvalue weighted by atomic mass is 16.5. The Balaban J connectivity index is 1.84. The monoisotopic (exact) mass is 293 g/mol. The van der Waals surface area contributed by atoms with Gasteiger partial charge in [-0.3, -0.25) is 4.79 Å². The minimum Gasteiger partial charge on any atom is -0.484 e. The number of aliphatic hydroxyl groups is 1. The van der Waals surface area contributed by atoms with Crippen LogP contribution in [-0.2, 0) is 22.4 Å². The van der Waals surface area contributed by atoms with Crippen LogP contribution in [0.1, 0.15) is 24.0 Å². The predicted octanol–water partition coefficient (Wildman–Crippen LogP) is 0.506. The molecule has 1 amide bonds. The fourth-order valence-electron chi connectivity index (χ4n) is 2.41. The average molecular weight is 293 g/mol. The molecule has 0 aliphatic heterocycles. The molecule has 1 aliphatic rings. The van der Waals surface area contributed by atoms with Crippen molar-refractivity contribution in [1.29, 1.82) is 0 Å². The second-order valence-corrected chi connectivity index (χ2v) is 5.04. The lowest BCUT2D eigenvalue weighted by Gasteiger charge is -2.14. The number of aliphatic carboxylic acids is 1. The summed E-state index contributed by atoms with van der Waals surface area (Å²) in [6, 6.07) is 4.66. The Morgan fingerprint density at radius 2 is 2.05 bits per heavy atom. The molecular weight excluding hydrogens is 274 g/mol. The Morgan fingerprint density at radius 3 is 2.76 bits per heavy atom. The third-order valence-electron chi connectivity index (χ3n) is 3.49. The van der Waals surface area contributed by atoms with Crippen molar-refractivity contribution in [2.75, 3.05) is 13.2 Å². The Kier molecular flexibility index (Phi) is 5.16. The Morgan fingerprint density at radius 1 is 1.29 bits per heavy atom. The van der Waals surface area contributed by atoms with E-state index in [1.165, 1.54) is 11.1 Å². The first kappa shape index (κ1) is 15.3. The van der Waals surface area contributed by atoms with E-state index < -0.39 is 17.9 Å². The van der Waals surface area contributed by atoms with Gasteiger partial charge in [0.25, 0.3) is 5.91 Å². The number of aliphatic hydroxyl groups excluding tert-OH is 1. The van der Waals surface area contributed by atoms with Gasteiger partial charge in [-0.1, -0.05) is 6.07 Å². The van der Waals surface area contributed by atoms with Crippen molar-refractivity contribution in [2.24, 2.45) is 0 Å². The van der Waals surface area contributed by atoms with Gasteiger partial charge in [-0.2, -0.15) is 0 Å². The molecule has 114 valence electrons. The number of nitrogens with one attached hydrogen (secondary N) is 1. The number of carbonyl (C=O) groups is 2. The minimum atomic E-state index is -1.17. The van der Waals surface area contributed by atoms with Crippen LogP contribution in [0.25, 0.3) is 0 Å². The van der Waals surface area contributed by atoms with Gasteiger partial charge in [0.05, 0.1) is 0 Å². The number of carboxylic acids is 1. The smallest absolute Gasteiger partial charge is 0.326 e. The third kappa shape index (κ3) is 4.19. The van der Waals surface area contributed by atoms with Crippen LogP contribution in [0.4, 0.5) is 0 Å². The zero-order chi connectivity index (χ0) is 15.2. The zero-order valence-corrected chi connectivity index (χ0v) is 11.7. The number of hydrogen-bond donors (Lipinski definition) is 3. The molecule has 0 saturated heterocycles. The van der Waals surface area contributed by atoms with Crippen LogP contribution in [0.5, 0.6) is 5.75 Å². The van der Waals surface area contributed by atoms with E-state index in [4.69, 9.17) is 14.9 Å². The van der Waals surface area contributed by atoms with E-state index in [9.17, 15) is 9.59 Å². The molecule has 0 unspecified atom stereocenters. The standard InChI is InChI=1S/C15H19NO5/c17-7-6-13(15(19)20)16-14(18)9-21-12-5-4-10-2-1-3-11(10)8-12/h4-5,8,13,17H,1-3,6-7,9H2,(H,16,18)(H,19,20)/t13-/m0/s1. The summed E-state index contributed by atoms with van der Waals surface area (Å²) in [5, 5.41) is 19.9. The SMILES string of the molecule is O=C(COc1ccc2c(c1)CCC2)N[C@@H](CCO)C(=O)O. The summed E-state index contributed by atoms with van der Waals surface area (Å²) in [6.45, 7) is -0.545. The molecule has 1 aromatic rings. The maximum Gasteiger partial charge on any atom is 0.326 e. The van der Waals surface area contributed by atoms with Crippen molar-refractivity contribution in [2.45, 2.75) is 31.7 Å². The van der Waals surface area contributed by atoms with Crippen molar-refractivity contribution in [1.82, 2.24) is 5.32 Å². The summed E-state index contributed by atoms with van der Waals surface area (Å²) >= 11 is 0. The molecule has 0 heterocycles. The van der Waals surface area contributed by atoms with Gasteiger partial charge in [0, 0.05) is 13.0 Å². The number of aryl methyl sites for hydroxylation is 2. The highest BCUT2D eigenvalue weighted by Gasteiger charge is 2.19. The quantitative estimate of drug-likeness (QED) is 0.680. The number of hydrogen-bond acceptors (Lipinski definition) is 4. The Labute approximate surface area is 122 Å². The molecule has 0 spiro atoms. The van der Waals surface area contributed by atoms with Gasteiger partial charge >= 0.3 is 5.97 Å². The van der Waals surface area contributed by atoms with E-state index >= 15 is 0 Å². The second kappa shape index (κ2) is 7.08. The number of carboxylic acid groups (broad SMARTS) is 1. The second-order valence-electron chi connectivity index (χ2n) is 5.04. The fourth-order valence-corrected chi connectivity index (χ4v) is 2.41. The van der Waals surface area contributed by atoms with Crippen molar-refractivity contribution in [3.63, 3.8) is 0 Å². The molecule has 1 aromatic carbocycles. The zero-order valence-electron chi connectivity index (χ0n) is 11.7. The number of fused-ring (bicyclic) bond motifs is 1. The van der Waals surface area contributed by atoms with Gasteiger partial charge in [0.2, 0.25) is 0 Å². The lowest BCUT2D eigenvalue weighted by Crippen LogP contribution is -2.43.